The van der Waals surface area contributed by atoms with Crippen LogP contribution in [0.5, 0.6) is 5.75 Å². The molecular formula is C28H44N2O5. The lowest BCUT2D eigenvalue weighted by atomic mass is 10.1. The average Bonchev–Trinajstić information content (AvgIpc) is 2.87. The molecule has 1 unspecified atom stereocenters. The van der Waals surface area contributed by atoms with E-state index in [1.807, 2.05) is 24.3 Å². The van der Waals surface area contributed by atoms with Crippen LogP contribution in [0.4, 0.5) is 0 Å². The number of hydrogen-bond donors (Lipinski definition) is 1. The minimum Gasteiger partial charge on any atom is -0.484 e. The molecule has 1 heterocycles. The third kappa shape index (κ3) is 11.1. The molecule has 0 aliphatic carbocycles. The van der Waals surface area contributed by atoms with Gasteiger partial charge >= 0.3 is 5.97 Å². The summed E-state index contributed by atoms with van der Waals surface area (Å²) in [6.45, 7) is 5.19. The second-order valence-electron chi connectivity index (χ2n) is 9.29. The Hall–Kier alpha value is -2.57. The van der Waals surface area contributed by atoms with Crippen LogP contribution >= 0.6 is 0 Å². The van der Waals surface area contributed by atoms with Crippen LogP contribution < -0.4 is 10.1 Å². The molecule has 1 atom stereocenters. The highest BCUT2D eigenvalue weighted by Crippen LogP contribution is 2.15. The Balaban J connectivity index is 1.66. The van der Waals surface area contributed by atoms with E-state index in [1.165, 1.54) is 55.4 Å². The number of amides is 2. The molecule has 7 heteroatoms. The first-order valence-corrected chi connectivity index (χ1v) is 13.5. The van der Waals surface area contributed by atoms with Gasteiger partial charge < -0.3 is 19.7 Å². The lowest BCUT2D eigenvalue weighted by Gasteiger charge is -2.34. The van der Waals surface area contributed by atoms with Gasteiger partial charge in [-0.25, -0.2) is 0 Å². The normalized spacial score (nSPS) is 15.5. The van der Waals surface area contributed by atoms with Crippen molar-refractivity contribution in [3.63, 3.8) is 0 Å². The maximum Gasteiger partial charge on any atom is 0.308 e. The first kappa shape index (κ1) is 28.7. The topological polar surface area (TPSA) is 84.9 Å². The van der Waals surface area contributed by atoms with Gasteiger partial charge in [-0.05, 0) is 30.5 Å². The Labute approximate surface area is 210 Å². The van der Waals surface area contributed by atoms with Crippen LogP contribution in [-0.2, 0) is 25.5 Å². The fraction of sp³-hybridized carbons (Fsp3) is 0.679. The summed E-state index contributed by atoms with van der Waals surface area (Å²) >= 11 is 0. The standard InChI is InChI=1S/C28H44N2O5/c1-3-5-6-7-8-9-10-11-12-13-20-34-27(32)21-25-28(33)29-18-19-30(25)26(31)22-35-24-16-14-23(4-2)15-17-24/h14-17,25H,3-13,18-22H2,1-2H3,(H,29,33). The maximum atomic E-state index is 12.8. The Kier molecular flexibility index (Phi) is 13.9. The number of benzene rings is 1. The molecule has 196 valence electrons. The Morgan fingerprint density at radius 2 is 1.57 bits per heavy atom. The third-order valence-corrected chi connectivity index (χ3v) is 6.47. The van der Waals surface area contributed by atoms with E-state index in [-0.39, 0.29) is 24.8 Å². The Morgan fingerprint density at radius 3 is 2.20 bits per heavy atom. The smallest absolute Gasteiger partial charge is 0.308 e. The van der Waals surface area contributed by atoms with Gasteiger partial charge in [-0.1, -0.05) is 83.8 Å². The first-order valence-electron chi connectivity index (χ1n) is 13.5. The summed E-state index contributed by atoms with van der Waals surface area (Å²) in [5, 5.41) is 2.74. The quantitative estimate of drug-likeness (QED) is 0.251. The largest absolute Gasteiger partial charge is 0.484 e. The van der Waals surface area contributed by atoms with Crippen molar-refractivity contribution in [2.45, 2.75) is 96.9 Å². The van der Waals surface area contributed by atoms with Crippen molar-refractivity contribution in [3.05, 3.63) is 29.8 Å². The highest BCUT2D eigenvalue weighted by Gasteiger charge is 2.35. The van der Waals surface area contributed by atoms with Gasteiger partial charge in [0.05, 0.1) is 13.0 Å². The van der Waals surface area contributed by atoms with E-state index in [0.29, 0.717) is 25.4 Å². The number of carbonyl (C=O) groups excluding carboxylic acids is 3. The summed E-state index contributed by atoms with van der Waals surface area (Å²) in [7, 11) is 0. The predicted octanol–water partition coefficient (Wildman–Crippen LogP) is 4.81. The number of carbonyl (C=O) groups is 3. The molecule has 1 N–H and O–H groups in total. The Bertz CT molecular complexity index is 765. The number of rotatable bonds is 17. The van der Waals surface area contributed by atoms with Gasteiger partial charge in [0.15, 0.2) is 6.61 Å². The zero-order valence-corrected chi connectivity index (χ0v) is 21.7. The minimum absolute atomic E-state index is 0.138. The van der Waals surface area contributed by atoms with Crippen LogP contribution in [0.3, 0.4) is 0 Å². The molecule has 0 saturated carbocycles. The predicted molar refractivity (Wildman–Crippen MR) is 137 cm³/mol. The molecular weight excluding hydrogens is 444 g/mol. The molecule has 1 aromatic carbocycles. The molecule has 2 rings (SSSR count). The van der Waals surface area contributed by atoms with E-state index in [9.17, 15) is 14.4 Å². The van der Waals surface area contributed by atoms with Crippen LogP contribution in [0.15, 0.2) is 24.3 Å². The molecule has 2 amide bonds. The number of nitrogens with one attached hydrogen (secondary N) is 1. The Morgan fingerprint density at radius 1 is 0.943 bits per heavy atom. The van der Waals surface area contributed by atoms with Crippen molar-refractivity contribution < 1.29 is 23.9 Å². The summed E-state index contributed by atoms with van der Waals surface area (Å²) in [6.07, 6.45) is 12.9. The van der Waals surface area contributed by atoms with E-state index in [4.69, 9.17) is 9.47 Å². The summed E-state index contributed by atoms with van der Waals surface area (Å²) in [6, 6.07) is 6.72. The highest BCUT2D eigenvalue weighted by atomic mass is 16.5. The van der Waals surface area contributed by atoms with Gasteiger partial charge in [-0.2, -0.15) is 0 Å². The van der Waals surface area contributed by atoms with Gasteiger partial charge in [0.1, 0.15) is 11.8 Å². The minimum atomic E-state index is -0.859. The molecule has 1 aliphatic rings. The number of esters is 1. The molecule has 0 aromatic heterocycles. The highest BCUT2D eigenvalue weighted by molar-refractivity contribution is 5.92. The summed E-state index contributed by atoms with van der Waals surface area (Å²) < 4.78 is 11.0. The van der Waals surface area contributed by atoms with Gasteiger partial charge in [0.2, 0.25) is 5.91 Å². The van der Waals surface area contributed by atoms with E-state index in [1.54, 1.807) is 0 Å². The molecule has 1 saturated heterocycles. The van der Waals surface area contributed by atoms with Crippen LogP contribution in [0, 0.1) is 0 Å². The molecule has 0 bridgehead atoms. The molecule has 7 nitrogen and oxygen atoms in total. The summed E-state index contributed by atoms with van der Waals surface area (Å²) in [4.78, 5) is 38.9. The van der Waals surface area contributed by atoms with Crippen molar-refractivity contribution in [1.82, 2.24) is 10.2 Å². The monoisotopic (exact) mass is 488 g/mol. The van der Waals surface area contributed by atoms with E-state index in [2.05, 4.69) is 19.2 Å². The van der Waals surface area contributed by atoms with Crippen molar-refractivity contribution >= 4 is 17.8 Å². The first-order chi connectivity index (χ1) is 17.0. The number of unbranched alkanes of at least 4 members (excludes halogenated alkanes) is 9. The number of hydrogen-bond acceptors (Lipinski definition) is 5. The van der Waals surface area contributed by atoms with Gasteiger partial charge in [0, 0.05) is 13.1 Å². The molecule has 0 radical (unpaired) electrons. The molecule has 1 aliphatic heterocycles. The van der Waals surface area contributed by atoms with E-state index < -0.39 is 12.0 Å². The van der Waals surface area contributed by atoms with Gasteiger partial charge in [0.25, 0.3) is 5.91 Å². The fourth-order valence-corrected chi connectivity index (χ4v) is 4.26. The zero-order chi connectivity index (χ0) is 25.3. The van der Waals surface area contributed by atoms with Crippen molar-refractivity contribution in [2.75, 3.05) is 26.3 Å². The number of ether oxygens (including phenoxy) is 2. The molecule has 35 heavy (non-hydrogen) atoms. The molecule has 1 aromatic rings. The maximum absolute atomic E-state index is 12.8. The van der Waals surface area contributed by atoms with Gasteiger partial charge in [-0.15, -0.1) is 0 Å². The van der Waals surface area contributed by atoms with E-state index >= 15 is 0 Å². The van der Waals surface area contributed by atoms with Crippen LogP contribution in [-0.4, -0.2) is 55.0 Å². The van der Waals surface area contributed by atoms with Crippen LogP contribution in [0.2, 0.25) is 0 Å². The molecule has 0 spiro atoms. The SMILES string of the molecule is CCCCCCCCCCCCOC(=O)CC1C(=O)NCCN1C(=O)COc1ccc(CC)cc1. The fourth-order valence-electron chi connectivity index (χ4n) is 4.26. The summed E-state index contributed by atoms with van der Waals surface area (Å²) in [5.41, 5.74) is 1.19. The van der Waals surface area contributed by atoms with Crippen LogP contribution in [0.1, 0.15) is 90.0 Å². The van der Waals surface area contributed by atoms with E-state index in [0.717, 1.165) is 25.7 Å². The second-order valence-corrected chi connectivity index (χ2v) is 9.29. The lowest BCUT2D eigenvalue weighted by Crippen LogP contribution is -2.58. The zero-order valence-electron chi connectivity index (χ0n) is 21.7. The number of nitrogens with zero attached hydrogens (tertiary/aromatic N) is 1. The van der Waals surface area contributed by atoms with Gasteiger partial charge in [-0.3, -0.25) is 14.4 Å². The summed E-state index contributed by atoms with van der Waals surface area (Å²) in [5.74, 6) is -0.485. The van der Waals surface area contributed by atoms with Crippen molar-refractivity contribution in [3.8, 4) is 5.75 Å². The second kappa shape index (κ2) is 17.0. The lowest BCUT2D eigenvalue weighted by molar-refractivity contribution is -0.152. The number of piperazine rings is 1. The molecule has 1 fully saturated rings. The third-order valence-electron chi connectivity index (χ3n) is 6.47. The van der Waals surface area contributed by atoms with Crippen molar-refractivity contribution in [2.24, 2.45) is 0 Å². The number of aryl methyl sites for hydroxylation is 1. The van der Waals surface area contributed by atoms with Crippen molar-refractivity contribution in [1.29, 1.82) is 0 Å². The van der Waals surface area contributed by atoms with Crippen LogP contribution in [0.25, 0.3) is 0 Å². The average molecular weight is 489 g/mol.